The van der Waals surface area contributed by atoms with Crippen molar-refractivity contribution in [3.05, 3.63) is 34.5 Å². The molecular formula is C12H15ClN2. The van der Waals surface area contributed by atoms with Gasteiger partial charge in [-0.15, -0.1) is 0 Å². The summed E-state index contributed by atoms with van der Waals surface area (Å²) in [5, 5.41) is 2.02. The molecule has 2 nitrogen and oxygen atoms in total. The van der Waals surface area contributed by atoms with Crippen molar-refractivity contribution in [2.45, 2.75) is 13.5 Å². The van der Waals surface area contributed by atoms with Gasteiger partial charge >= 0.3 is 0 Å². The van der Waals surface area contributed by atoms with Crippen molar-refractivity contribution in [3.8, 4) is 0 Å². The number of hydrogen-bond acceptors (Lipinski definition) is 1. The maximum Gasteiger partial charge on any atom is 0.0460 e. The van der Waals surface area contributed by atoms with Gasteiger partial charge in [-0.2, -0.15) is 0 Å². The Morgan fingerprint density at radius 1 is 1.33 bits per heavy atom. The van der Waals surface area contributed by atoms with E-state index in [-0.39, 0.29) is 0 Å². The smallest absolute Gasteiger partial charge is 0.0460 e. The summed E-state index contributed by atoms with van der Waals surface area (Å²) in [6, 6.07) is 5.97. The van der Waals surface area contributed by atoms with E-state index in [9.17, 15) is 0 Å². The van der Waals surface area contributed by atoms with Crippen LogP contribution in [0.1, 0.15) is 11.3 Å². The minimum Gasteiger partial charge on any atom is -0.358 e. The van der Waals surface area contributed by atoms with E-state index in [1.165, 1.54) is 16.6 Å². The van der Waals surface area contributed by atoms with Crippen molar-refractivity contribution >= 4 is 22.5 Å². The molecule has 0 aliphatic heterocycles. The van der Waals surface area contributed by atoms with Crippen LogP contribution in [0.5, 0.6) is 0 Å². The van der Waals surface area contributed by atoms with Crippen LogP contribution in [0.15, 0.2) is 18.2 Å². The van der Waals surface area contributed by atoms with E-state index in [1.54, 1.807) is 0 Å². The van der Waals surface area contributed by atoms with Crippen LogP contribution in [0.2, 0.25) is 5.02 Å². The highest BCUT2D eigenvalue weighted by Crippen LogP contribution is 2.25. The molecule has 0 saturated heterocycles. The molecule has 0 unspecified atom stereocenters. The number of benzene rings is 1. The molecule has 2 rings (SSSR count). The Morgan fingerprint density at radius 2 is 2.07 bits per heavy atom. The molecule has 1 aromatic carbocycles. The Morgan fingerprint density at radius 3 is 2.73 bits per heavy atom. The largest absolute Gasteiger partial charge is 0.358 e. The van der Waals surface area contributed by atoms with E-state index in [0.717, 1.165) is 17.1 Å². The van der Waals surface area contributed by atoms with Gasteiger partial charge in [0.2, 0.25) is 0 Å². The van der Waals surface area contributed by atoms with Crippen molar-refractivity contribution in [2.75, 3.05) is 14.1 Å². The third kappa shape index (κ3) is 2.01. The van der Waals surface area contributed by atoms with Gasteiger partial charge in [0.05, 0.1) is 0 Å². The van der Waals surface area contributed by atoms with Gasteiger partial charge < -0.3 is 9.88 Å². The number of aromatic nitrogens is 1. The molecule has 2 aromatic rings. The molecule has 80 valence electrons. The summed E-state index contributed by atoms with van der Waals surface area (Å²) in [7, 11) is 4.14. The number of nitrogens with zero attached hydrogens (tertiary/aromatic N) is 1. The Hall–Kier alpha value is -0.990. The predicted molar refractivity (Wildman–Crippen MR) is 65.4 cm³/mol. The molecule has 0 fully saturated rings. The van der Waals surface area contributed by atoms with E-state index in [1.807, 2.05) is 18.2 Å². The normalized spacial score (nSPS) is 11.5. The van der Waals surface area contributed by atoms with Crippen LogP contribution in [-0.4, -0.2) is 24.0 Å². The fourth-order valence-corrected chi connectivity index (χ4v) is 2.05. The molecule has 0 bridgehead atoms. The standard InChI is InChI=1S/C12H15ClN2/c1-8-11(7-15(2)3)10-6-9(13)4-5-12(10)14-8/h4-6,14H,7H2,1-3H3. The molecule has 0 radical (unpaired) electrons. The summed E-state index contributed by atoms with van der Waals surface area (Å²) >= 11 is 6.01. The molecular weight excluding hydrogens is 208 g/mol. The summed E-state index contributed by atoms with van der Waals surface area (Å²) < 4.78 is 0. The quantitative estimate of drug-likeness (QED) is 0.827. The average Bonchev–Trinajstić information content (AvgIpc) is 2.43. The maximum atomic E-state index is 6.01. The van der Waals surface area contributed by atoms with Crippen LogP contribution in [0, 0.1) is 6.92 Å². The van der Waals surface area contributed by atoms with Gasteiger partial charge in [-0.25, -0.2) is 0 Å². The number of hydrogen-bond donors (Lipinski definition) is 1. The van der Waals surface area contributed by atoms with Gasteiger partial charge in [-0.05, 0) is 44.8 Å². The van der Waals surface area contributed by atoms with Crippen LogP contribution < -0.4 is 0 Å². The number of nitrogens with one attached hydrogen (secondary N) is 1. The summed E-state index contributed by atoms with van der Waals surface area (Å²) in [4.78, 5) is 5.54. The zero-order chi connectivity index (χ0) is 11.0. The molecule has 1 aromatic heterocycles. The molecule has 1 heterocycles. The summed E-state index contributed by atoms with van der Waals surface area (Å²) in [5.74, 6) is 0. The number of rotatable bonds is 2. The summed E-state index contributed by atoms with van der Waals surface area (Å²) in [6.07, 6.45) is 0. The van der Waals surface area contributed by atoms with Crippen LogP contribution in [0.3, 0.4) is 0 Å². The predicted octanol–water partition coefficient (Wildman–Crippen LogP) is 3.19. The fraction of sp³-hybridized carbons (Fsp3) is 0.333. The maximum absolute atomic E-state index is 6.01. The molecule has 0 aliphatic rings. The van der Waals surface area contributed by atoms with E-state index in [0.29, 0.717) is 0 Å². The van der Waals surface area contributed by atoms with E-state index >= 15 is 0 Å². The fourth-order valence-electron chi connectivity index (χ4n) is 1.87. The van der Waals surface area contributed by atoms with Gasteiger partial charge in [0.25, 0.3) is 0 Å². The van der Waals surface area contributed by atoms with E-state index < -0.39 is 0 Å². The Labute approximate surface area is 94.8 Å². The highest BCUT2D eigenvalue weighted by molar-refractivity contribution is 6.31. The topological polar surface area (TPSA) is 19.0 Å². The molecule has 0 amide bonds. The lowest BCUT2D eigenvalue weighted by atomic mass is 10.1. The lowest BCUT2D eigenvalue weighted by molar-refractivity contribution is 0.403. The van der Waals surface area contributed by atoms with Crippen molar-refractivity contribution < 1.29 is 0 Å². The van der Waals surface area contributed by atoms with Gasteiger partial charge in [-0.1, -0.05) is 11.6 Å². The first kappa shape index (κ1) is 10.5. The Bertz CT molecular complexity index is 486. The number of aromatic amines is 1. The van der Waals surface area contributed by atoms with Crippen LogP contribution in [0.4, 0.5) is 0 Å². The Balaban J connectivity index is 2.60. The second kappa shape index (κ2) is 3.87. The van der Waals surface area contributed by atoms with Crippen LogP contribution >= 0.6 is 11.6 Å². The van der Waals surface area contributed by atoms with Gasteiger partial charge in [0.15, 0.2) is 0 Å². The number of aryl methyl sites for hydroxylation is 1. The lowest BCUT2D eigenvalue weighted by Crippen LogP contribution is -2.11. The number of halogens is 1. The zero-order valence-electron chi connectivity index (χ0n) is 9.26. The molecule has 1 N–H and O–H groups in total. The van der Waals surface area contributed by atoms with Gasteiger partial charge in [-0.3, -0.25) is 0 Å². The second-order valence-corrected chi connectivity index (χ2v) is 4.59. The third-order valence-corrected chi connectivity index (χ3v) is 2.79. The first-order chi connectivity index (χ1) is 7.08. The van der Waals surface area contributed by atoms with Crippen LogP contribution in [0.25, 0.3) is 10.9 Å². The molecule has 0 aliphatic carbocycles. The van der Waals surface area contributed by atoms with Crippen molar-refractivity contribution in [3.63, 3.8) is 0 Å². The number of fused-ring (bicyclic) bond motifs is 1. The van der Waals surface area contributed by atoms with Gasteiger partial charge in [0.1, 0.15) is 0 Å². The first-order valence-corrected chi connectivity index (χ1v) is 5.37. The molecule has 0 spiro atoms. The van der Waals surface area contributed by atoms with Crippen LogP contribution in [-0.2, 0) is 6.54 Å². The Kier molecular flexibility index (Phi) is 2.72. The third-order valence-electron chi connectivity index (χ3n) is 2.56. The summed E-state index contributed by atoms with van der Waals surface area (Å²) in [5.41, 5.74) is 3.72. The first-order valence-electron chi connectivity index (χ1n) is 4.99. The zero-order valence-corrected chi connectivity index (χ0v) is 10.0. The highest BCUT2D eigenvalue weighted by Gasteiger charge is 2.09. The van der Waals surface area contributed by atoms with E-state index in [2.05, 4.69) is 30.9 Å². The molecule has 0 atom stereocenters. The number of H-pyrrole nitrogens is 1. The average molecular weight is 223 g/mol. The molecule has 3 heteroatoms. The highest BCUT2D eigenvalue weighted by atomic mass is 35.5. The monoisotopic (exact) mass is 222 g/mol. The lowest BCUT2D eigenvalue weighted by Gasteiger charge is -2.09. The van der Waals surface area contributed by atoms with E-state index in [4.69, 9.17) is 11.6 Å². The van der Waals surface area contributed by atoms with Gasteiger partial charge in [0, 0.05) is 28.2 Å². The molecule has 15 heavy (non-hydrogen) atoms. The molecule has 0 saturated carbocycles. The SMILES string of the molecule is Cc1[nH]c2ccc(Cl)cc2c1CN(C)C. The van der Waals surface area contributed by atoms with Crippen molar-refractivity contribution in [2.24, 2.45) is 0 Å². The minimum absolute atomic E-state index is 0.793. The van der Waals surface area contributed by atoms with Crippen molar-refractivity contribution in [1.29, 1.82) is 0 Å². The minimum atomic E-state index is 0.793. The van der Waals surface area contributed by atoms with Crippen molar-refractivity contribution in [1.82, 2.24) is 9.88 Å². The second-order valence-electron chi connectivity index (χ2n) is 4.16. The summed E-state index contributed by atoms with van der Waals surface area (Å²) in [6.45, 7) is 3.04.